The van der Waals surface area contributed by atoms with E-state index in [2.05, 4.69) is 44.1 Å². The van der Waals surface area contributed by atoms with Crippen molar-refractivity contribution < 1.29 is 0 Å². The van der Waals surface area contributed by atoms with E-state index in [9.17, 15) is 0 Å². The van der Waals surface area contributed by atoms with E-state index in [-0.39, 0.29) is 0 Å². The van der Waals surface area contributed by atoms with Crippen LogP contribution < -0.4 is 10.2 Å². The Morgan fingerprint density at radius 2 is 2.06 bits per heavy atom. The molecule has 0 atom stereocenters. The second kappa shape index (κ2) is 6.12. The molecule has 0 heterocycles. The summed E-state index contributed by atoms with van der Waals surface area (Å²) in [7, 11) is 2.10. The molecule has 0 saturated heterocycles. The van der Waals surface area contributed by atoms with Gasteiger partial charge in [0.05, 0.1) is 0 Å². The summed E-state index contributed by atoms with van der Waals surface area (Å²) < 4.78 is 0. The van der Waals surface area contributed by atoms with E-state index >= 15 is 0 Å². The van der Waals surface area contributed by atoms with Crippen LogP contribution in [0, 0.1) is 0 Å². The monoisotopic (exact) mass is 240 g/mol. The maximum atomic E-state index is 6.25. The maximum Gasteiger partial charge on any atom is 0.0471 e. The number of nitrogens with zero attached hydrogens (tertiary/aromatic N) is 1. The van der Waals surface area contributed by atoms with E-state index in [1.165, 1.54) is 11.3 Å². The predicted octanol–water partition coefficient (Wildman–Crippen LogP) is 3.29. The largest absolute Gasteiger partial charge is 0.372 e. The Morgan fingerprint density at radius 1 is 1.38 bits per heavy atom. The lowest BCUT2D eigenvalue weighted by atomic mass is 10.1. The van der Waals surface area contributed by atoms with Crippen LogP contribution in [-0.2, 0) is 6.54 Å². The topological polar surface area (TPSA) is 15.3 Å². The van der Waals surface area contributed by atoms with E-state index in [1.807, 2.05) is 12.1 Å². The zero-order chi connectivity index (χ0) is 12.1. The molecular formula is C13H21ClN2. The van der Waals surface area contributed by atoms with Gasteiger partial charge in [-0.25, -0.2) is 0 Å². The Bertz CT molecular complexity index is 337. The van der Waals surface area contributed by atoms with E-state index < -0.39 is 0 Å². The predicted molar refractivity (Wildman–Crippen MR) is 72.4 cm³/mol. The molecule has 2 nitrogen and oxygen atoms in total. The van der Waals surface area contributed by atoms with Crippen molar-refractivity contribution in [3.8, 4) is 0 Å². The maximum absolute atomic E-state index is 6.25. The Kier molecular flexibility index (Phi) is 5.10. The van der Waals surface area contributed by atoms with Crippen LogP contribution in [0.2, 0.25) is 5.02 Å². The van der Waals surface area contributed by atoms with Gasteiger partial charge in [-0.2, -0.15) is 0 Å². The number of benzene rings is 1. The van der Waals surface area contributed by atoms with E-state index in [0.29, 0.717) is 6.04 Å². The average Bonchev–Trinajstić information content (AvgIpc) is 2.26. The molecule has 0 spiro atoms. The number of anilines is 1. The minimum atomic E-state index is 0.471. The van der Waals surface area contributed by atoms with Crippen LogP contribution in [0.5, 0.6) is 0 Å². The molecule has 90 valence electrons. The fourth-order valence-electron chi connectivity index (χ4n) is 1.58. The molecule has 3 heteroatoms. The number of halogens is 1. The summed E-state index contributed by atoms with van der Waals surface area (Å²) in [5.41, 5.74) is 2.39. The Labute approximate surface area is 104 Å². The quantitative estimate of drug-likeness (QED) is 0.850. The van der Waals surface area contributed by atoms with Crippen molar-refractivity contribution in [3.63, 3.8) is 0 Å². The first-order valence-electron chi connectivity index (χ1n) is 5.78. The van der Waals surface area contributed by atoms with Crippen molar-refractivity contribution in [2.75, 3.05) is 18.5 Å². The van der Waals surface area contributed by atoms with Gasteiger partial charge in [0.1, 0.15) is 0 Å². The molecule has 0 aliphatic rings. The highest BCUT2D eigenvalue weighted by molar-refractivity contribution is 6.31. The van der Waals surface area contributed by atoms with Crippen molar-refractivity contribution >= 4 is 17.3 Å². The fraction of sp³-hybridized carbons (Fsp3) is 0.538. The molecule has 1 aromatic carbocycles. The van der Waals surface area contributed by atoms with Crippen molar-refractivity contribution in [1.82, 2.24) is 5.32 Å². The highest BCUT2D eigenvalue weighted by Gasteiger charge is 2.12. The van der Waals surface area contributed by atoms with Gasteiger partial charge >= 0.3 is 0 Å². The van der Waals surface area contributed by atoms with Gasteiger partial charge in [-0.15, -0.1) is 0 Å². The zero-order valence-electron chi connectivity index (χ0n) is 10.5. The third kappa shape index (κ3) is 3.13. The summed E-state index contributed by atoms with van der Waals surface area (Å²) in [6, 6.07) is 6.55. The van der Waals surface area contributed by atoms with Crippen LogP contribution in [-0.4, -0.2) is 19.6 Å². The van der Waals surface area contributed by atoms with Gasteiger partial charge in [-0.1, -0.05) is 24.6 Å². The van der Waals surface area contributed by atoms with Crippen molar-refractivity contribution in [2.24, 2.45) is 0 Å². The smallest absolute Gasteiger partial charge is 0.0471 e. The second-order valence-corrected chi connectivity index (χ2v) is 4.63. The zero-order valence-corrected chi connectivity index (χ0v) is 11.3. The minimum Gasteiger partial charge on any atom is -0.372 e. The first kappa shape index (κ1) is 13.3. The molecule has 0 bridgehead atoms. The molecule has 0 saturated carbocycles. The molecule has 0 fully saturated rings. The average molecular weight is 241 g/mol. The van der Waals surface area contributed by atoms with E-state index in [1.54, 1.807) is 0 Å². The van der Waals surface area contributed by atoms with E-state index in [0.717, 1.165) is 18.1 Å². The van der Waals surface area contributed by atoms with Crippen molar-refractivity contribution in [3.05, 3.63) is 28.8 Å². The lowest BCUT2D eigenvalue weighted by Crippen LogP contribution is -2.27. The molecule has 1 aromatic rings. The summed E-state index contributed by atoms with van der Waals surface area (Å²) in [5, 5.41) is 4.17. The standard InChI is InChI=1S/C13H21ClN2/c1-5-15-9-11-12(14)7-6-8-13(11)16(4)10(2)3/h6-8,10,15H,5,9H2,1-4H3. The number of rotatable bonds is 5. The Morgan fingerprint density at radius 3 is 2.62 bits per heavy atom. The van der Waals surface area contributed by atoms with Gasteiger partial charge in [-0.05, 0) is 32.5 Å². The normalized spacial score (nSPS) is 10.9. The van der Waals surface area contributed by atoms with Gasteiger partial charge < -0.3 is 10.2 Å². The number of nitrogens with one attached hydrogen (secondary N) is 1. The molecule has 0 aliphatic heterocycles. The molecule has 1 N–H and O–H groups in total. The van der Waals surface area contributed by atoms with Crippen LogP contribution in [0.4, 0.5) is 5.69 Å². The van der Waals surface area contributed by atoms with Crippen LogP contribution in [0.3, 0.4) is 0 Å². The highest BCUT2D eigenvalue weighted by Crippen LogP contribution is 2.27. The second-order valence-electron chi connectivity index (χ2n) is 4.22. The van der Waals surface area contributed by atoms with Crippen LogP contribution in [0.1, 0.15) is 26.3 Å². The summed E-state index contributed by atoms with van der Waals surface area (Å²) in [6.45, 7) is 8.23. The molecular weight excluding hydrogens is 220 g/mol. The summed E-state index contributed by atoms with van der Waals surface area (Å²) in [5.74, 6) is 0. The molecule has 16 heavy (non-hydrogen) atoms. The van der Waals surface area contributed by atoms with Crippen molar-refractivity contribution in [2.45, 2.75) is 33.4 Å². The number of hydrogen-bond donors (Lipinski definition) is 1. The summed E-state index contributed by atoms with van der Waals surface area (Å²) >= 11 is 6.25. The number of hydrogen-bond acceptors (Lipinski definition) is 2. The molecule has 0 unspecified atom stereocenters. The third-order valence-corrected chi connectivity index (χ3v) is 3.15. The van der Waals surface area contributed by atoms with Gasteiger partial charge in [0.2, 0.25) is 0 Å². The molecule has 0 aliphatic carbocycles. The molecule has 0 aromatic heterocycles. The van der Waals surface area contributed by atoms with Gasteiger partial charge in [0.15, 0.2) is 0 Å². The lowest BCUT2D eigenvalue weighted by Gasteiger charge is -2.27. The summed E-state index contributed by atoms with van der Waals surface area (Å²) in [4.78, 5) is 2.25. The van der Waals surface area contributed by atoms with Gasteiger partial charge in [0, 0.05) is 35.9 Å². The first-order chi connectivity index (χ1) is 7.57. The summed E-state index contributed by atoms with van der Waals surface area (Å²) in [6.07, 6.45) is 0. The molecule has 0 amide bonds. The van der Waals surface area contributed by atoms with Crippen LogP contribution >= 0.6 is 11.6 Å². The van der Waals surface area contributed by atoms with Crippen LogP contribution in [0.15, 0.2) is 18.2 Å². The lowest BCUT2D eigenvalue weighted by molar-refractivity contribution is 0.709. The minimum absolute atomic E-state index is 0.471. The van der Waals surface area contributed by atoms with Gasteiger partial charge in [0.25, 0.3) is 0 Å². The fourth-order valence-corrected chi connectivity index (χ4v) is 1.82. The SMILES string of the molecule is CCNCc1c(Cl)cccc1N(C)C(C)C. The highest BCUT2D eigenvalue weighted by atomic mass is 35.5. The van der Waals surface area contributed by atoms with E-state index in [4.69, 9.17) is 11.6 Å². The third-order valence-electron chi connectivity index (χ3n) is 2.80. The Hall–Kier alpha value is -0.730. The van der Waals surface area contributed by atoms with Crippen LogP contribution in [0.25, 0.3) is 0 Å². The molecule has 0 radical (unpaired) electrons. The van der Waals surface area contributed by atoms with Gasteiger partial charge in [-0.3, -0.25) is 0 Å². The molecule has 1 rings (SSSR count). The first-order valence-corrected chi connectivity index (χ1v) is 6.16. The Balaban J connectivity index is 3.02. The van der Waals surface area contributed by atoms with Crippen molar-refractivity contribution in [1.29, 1.82) is 0 Å².